The zero-order valence-electron chi connectivity index (χ0n) is 12.8. The number of hydrogen-bond acceptors (Lipinski definition) is 3. The number of rotatable bonds is 4. The molecule has 1 aliphatic heterocycles. The Kier molecular flexibility index (Phi) is 4.47. The van der Waals surface area contributed by atoms with Crippen LogP contribution in [0.1, 0.15) is 18.4 Å². The van der Waals surface area contributed by atoms with Gasteiger partial charge in [0, 0.05) is 25.7 Å². The Morgan fingerprint density at radius 3 is 2.45 bits per heavy atom. The average Bonchev–Trinajstić information content (AvgIpc) is 2.48. The highest BCUT2D eigenvalue weighted by molar-refractivity contribution is 7.88. The van der Waals surface area contributed by atoms with Gasteiger partial charge in [0.2, 0.25) is 10.0 Å². The van der Waals surface area contributed by atoms with Gasteiger partial charge in [-0.2, -0.15) is 0 Å². The van der Waals surface area contributed by atoms with Gasteiger partial charge >= 0.3 is 0 Å². The summed E-state index contributed by atoms with van der Waals surface area (Å²) in [6.07, 6.45) is 2.98. The van der Waals surface area contributed by atoms with Gasteiger partial charge in [0.15, 0.2) is 0 Å². The molecule has 0 amide bonds. The van der Waals surface area contributed by atoms with E-state index in [4.69, 9.17) is 0 Å². The first kappa shape index (κ1) is 15.5. The van der Waals surface area contributed by atoms with Crippen LogP contribution in [0.25, 0.3) is 10.8 Å². The number of piperidine rings is 1. The molecule has 118 valence electrons. The number of fused-ring (bicyclic) bond motifs is 1. The molecule has 1 N–H and O–H groups in total. The Balaban J connectivity index is 1.60. The van der Waals surface area contributed by atoms with E-state index >= 15 is 0 Å². The molecule has 0 spiro atoms. The molecule has 1 heterocycles. The summed E-state index contributed by atoms with van der Waals surface area (Å²) in [6.45, 7) is 2.79. The summed E-state index contributed by atoms with van der Waals surface area (Å²) in [4.78, 5) is 2.39. The molecule has 3 rings (SSSR count). The van der Waals surface area contributed by atoms with Crippen molar-refractivity contribution in [2.75, 3.05) is 19.3 Å². The van der Waals surface area contributed by atoms with E-state index in [1.807, 2.05) is 0 Å². The van der Waals surface area contributed by atoms with Gasteiger partial charge in [-0.3, -0.25) is 4.90 Å². The van der Waals surface area contributed by atoms with Crippen molar-refractivity contribution in [2.45, 2.75) is 25.4 Å². The number of benzene rings is 2. The van der Waals surface area contributed by atoms with Crippen LogP contribution in [0.5, 0.6) is 0 Å². The molecule has 0 atom stereocenters. The molecule has 0 saturated carbocycles. The Labute approximate surface area is 132 Å². The van der Waals surface area contributed by atoms with E-state index in [0.29, 0.717) is 0 Å². The van der Waals surface area contributed by atoms with Gasteiger partial charge in [0.05, 0.1) is 6.26 Å². The zero-order chi connectivity index (χ0) is 15.6. The van der Waals surface area contributed by atoms with Crippen LogP contribution in [-0.2, 0) is 16.6 Å². The number of hydrogen-bond donors (Lipinski definition) is 1. The summed E-state index contributed by atoms with van der Waals surface area (Å²) in [5, 5.41) is 2.54. The quantitative estimate of drug-likeness (QED) is 0.941. The molecule has 0 unspecified atom stereocenters. The predicted molar refractivity (Wildman–Crippen MR) is 90.2 cm³/mol. The third-order valence-electron chi connectivity index (χ3n) is 4.19. The number of nitrogens with one attached hydrogen (secondary N) is 1. The smallest absolute Gasteiger partial charge is 0.208 e. The SMILES string of the molecule is CS(=O)(=O)NC1CCN(Cc2ccc3ccccc3c2)CC1. The number of sulfonamides is 1. The van der Waals surface area contributed by atoms with E-state index in [2.05, 4.69) is 52.1 Å². The largest absolute Gasteiger partial charge is 0.299 e. The van der Waals surface area contributed by atoms with E-state index < -0.39 is 10.0 Å². The second kappa shape index (κ2) is 6.36. The van der Waals surface area contributed by atoms with Gasteiger partial charge < -0.3 is 0 Å². The minimum Gasteiger partial charge on any atom is -0.299 e. The third kappa shape index (κ3) is 4.06. The second-order valence-corrected chi connectivity index (χ2v) is 7.90. The van der Waals surface area contributed by atoms with E-state index in [0.717, 1.165) is 32.5 Å². The summed E-state index contributed by atoms with van der Waals surface area (Å²) in [5.74, 6) is 0. The van der Waals surface area contributed by atoms with Crippen LogP contribution in [0.3, 0.4) is 0 Å². The van der Waals surface area contributed by atoms with Crippen molar-refractivity contribution in [1.29, 1.82) is 0 Å². The highest BCUT2D eigenvalue weighted by Crippen LogP contribution is 2.19. The standard InChI is InChI=1S/C17H22N2O2S/c1-22(20,21)18-17-8-10-19(11-9-17)13-14-6-7-15-4-2-3-5-16(15)12-14/h2-7,12,17-18H,8-11,13H2,1H3. The first-order valence-electron chi connectivity index (χ1n) is 7.67. The van der Waals surface area contributed by atoms with Crippen LogP contribution in [0.4, 0.5) is 0 Å². The first-order valence-corrected chi connectivity index (χ1v) is 9.56. The van der Waals surface area contributed by atoms with E-state index in [1.54, 1.807) is 0 Å². The minimum absolute atomic E-state index is 0.0860. The van der Waals surface area contributed by atoms with Crippen molar-refractivity contribution in [3.8, 4) is 0 Å². The van der Waals surface area contributed by atoms with Crippen LogP contribution in [0.15, 0.2) is 42.5 Å². The lowest BCUT2D eigenvalue weighted by atomic mass is 10.0. The van der Waals surface area contributed by atoms with Gasteiger partial charge in [-0.1, -0.05) is 36.4 Å². The van der Waals surface area contributed by atoms with Crippen molar-refractivity contribution >= 4 is 20.8 Å². The van der Waals surface area contributed by atoms with Gasteiger partial charge in [-0.15, -0.1) is 0 Å². The van der Waals surface area contributed by atoms with Crippen LogP contribution >= 0.6 is 0 Å². The molecule has 0 aromatic heterocycles. The summed E-state index contributed by atoms with van der Waals surface area (Å²) in [7, 11) is -3.09. The Hall–Kier alpha value is -1.43. The van der Waals surface area contributed by atoms with Crippen molar-refractivity contribution < 1.29 is 8.42 Å². The van der Waals surface area contributed by atoms with Crippen molar-refractivity contribution in [1.82, 2.24) is 9.62 Å². The summed E-state index contributed by atoms with van der Waals surface area (Å²) in [6, 6.07) is 15.1. The van der Waals surface area contributed by atoms with Crippen LogP contribution < -0.4 is 4.72 Å². The number of likely N-dealkylation sites (tertiary alicyclic amines) is 1. The van der Waals surface area contributed by atoms with Crippen LogP contribution in [0.2, 0.25) is 0 Å². The topological polar surface area (TPSA) is 49.4 Å². The first-order chi connectivity index (χ1) is 10.5. The maximum absolute atomic E-state index is 11.3. The summed E-state index contributed by atoms with van der Waals surface area (Å²) in [5.41, 5.74) is 1.31. The molecule has 5 heteroatoms. The van der Waals surface area contributed by atoms with Crippen LogP contribution in [0, 0.1) is 0 Å². The average molecular weight is 318 g/mol. The normalized spacial score (nSPS) is 17.9. The summed E-state index contributed by atoms with van der Waals surface area (Å²) >= 11 is 0. The van der Waals surface area contributed by atoms with E-state index in [1.165, 1.54) is 22.6 Å². The number of nitrogens with zero attached hydrogens (tertiary/aromatic N) is 1. The molecular formula is C17H22N2O2S. The maximum Gasteiger partial charge on any atom is 0.208 e. The zero-order valence-corrected chi connectivity index (χ0v) is 13.6. The lowest BCUT2D eigenvalue weighted by Gasteiger charge is -2.32. The minimum atomic E-state index is -3.09. The highest BCUT2D eigenvalue weighted by Gasteiger charge is 2.21. The van der Waals surface area contributed by atoms with Gasteiger partial charge in [0.25, 0.3) is 0 Å². The van der Waals surface area contributed by atoms with Crippen molar-refractivity contribution in [2.24, 2.45) is 0 Å². The molecule has 0 bridgehead atoms. The van der Waals surface area contributed by atoms with E-state index in [9.17, 15) is 8.42 Å². The Bertz CT molecular complexity index is 750. The van der Waals surface area contributed by atoms with Crippen LogP contribution in [-0.4, -0.2) is 38.7 Å². The van der Waals surface area contributed by atoms with Gasteiger partial charge in [-0.25, -0.2) is 13.1 Å². The van der Waals surface area contributed by atoms with Crippen molar-refractivity contribution in [3.63, 3.8) is 0 Å². The fourth-order valence-corrected chi connectivity index (χ4v) is 3.95. The lowest BCUT2D eigenvalue weighted by Crippen LogP contribution is -2.43. The van der Waals surface area contributed by atoms with Gasteiger partial charge in [-0.05, 0) is 35.2 Å². The second-order valence-electron chi connectivity index (χ2n) is 6.12. The monoisotopic (exact) mass is 318 g/mol. The molecule has 22 heavy (non-hydrogen) atoms. The fourth-order valence-electron chi connectivity index (χ4n) is 3.11. The van der Waals surface area contributed by atoms with E-state index in [-0.39, 0.29) is 6.04 Å². The Morgan fingerprint density at radius 1 is 1.09 bits per heavy atom. The lowest BCUT2D eigenvalue weighted by molar-refractivity contribution is 0.200. The van der Waals surface area contributed by atoms with Crippen molar-refractivity contribution in [3.05, 3.63) is 48.0 Å². The molecule has 2 aromatic carbocycles. The molecule has 0 radical (unpaired) electrons. The maximum atomic E-state index is 11.3. The summed E-state index contributed by atoms with van der Waals surface area (Å²) < 4.78 is 25.3. The highest BCUT2D eigenvalue weighted by atomic mass is 32.2. The molecule has 1 aliphatic rings. The van der Waals surface area contributed by atoms with Gasteiger partial charge in [0.1, 0.15) is 0 Å². The predicted octanol–water partition coefficient (Wildman–Crippen LogP) is 2.35. The molecular weight excluding hydrogens is 296 g/mol. The Morgan fingerprint density at radius 2 is 1.77 bits per heavy atom. The fraction of sp³-hybridized carbons (Fsp3) is 0.412. The molecule has 0 aliphatic carbocycles. The molecule has 2 aromatic rings. The molecule has 4 nitrogen and oxygen atoms in total. The molecule has 1 fully saturated rings. The third-order valence-corrected chi connectivity index (χ3v) is 4.95. The molecule has 1 saturated heterocycles.